The van der Waals surface area contributed by atoms with E-state index in [2.05, 4.69) is 4.98 Å². The van der Waals surface area contributed by atoms with Gasteiger partial charge in [0.25, 0.3) is 5.91 Å². The van der Waals surface area contributed by atoms with E-state index in [1.807, 2.05) is 4.72 Å². The number of amides is 1. The van der Waals surface area contributed by atoms with Gasteiger partial charge in [0.15, 0.2) is 0 Å². The molecule has 1 unspecified atom stereocenters. The predicted molar refractivity (Wildman–Crippen MR) is 65.3 cm³/mol. The summed E-state index contributed by atoms with van der Waals surface area (Å²) in [4.78, 5) is 15.3. The van der Waals surface area contributed by atoms with E-state index in [1.165, 1.54) is 25.6 Å². The first kappa shape index (κ1) is 14.6. The van der Waals surface area contributed by atoms with E-state index in [0.717, 1.165) is 0 Å². The van der Waals surface area contributed by atoms with Gasteiger partial charge in [-0.25, -0.2) is 13.1 Å². The molecule has 1 aromatic heterocycles. The Morgan fingerprint density at radius 3 is 2.83 bits per heavy atom. The van der Waals surface area contributed by atoms with Gasteiger partial charge >= 0.3 is 0 Å². The first-order chi connectivity index (χ1) is 8.48. The highest BCUT2D eigenvalue weighted by molar-refractivity contribution is 7.90. The van der Waals surface area contributed by atoms with Gasteiger partial charge in [-0.1, -0.05) is 0 Å². The lowest BCUT2D eigenvalue weighted by Gasteiger charge is -2.13. The summed E-state index contributed by atoms with van der Waals surface area (Å²) in [6.07, 6.45) is 2.12. The zero-order chi connectivity index (χ0) is 13.6. The fourth-order valence-electron chi connectivity index (χ4n) is 1.22. The molecule has 18 heavy (non-hydrogen) atoms. The molecule has 0 aliphatic carbocycles. The molecule has 8 heteroatoms. The average Bonchev–Trinajstić information content (AvgIpc) is 2.36. The summed E-state index contributed by atoms with van der Waals surface area (Å²) < 4.78 is 30.1. The largest absolute Gasteiger partial charge is 0.379 e. The van der Waals surface area contributed by atoms with E-state index in [1.54, 1.807) is 6.07 Å². The monoisotopic (exact) mass is 273 g/mol. The van der Waals surface area contributed by atoms with E-state index in [-0.39, 0.29) is 17.9 Å². The second-order valence-electron chi connectivity index (χ2n) is 3.55. The number of nitrogens with two attached hydrogens (primary N) is 1. The molecule has 0 spiro atoms. The summed E-state index contributed by atoms with van der Waals surface area (Å²) in [5.74, 6) is -1.10. The molecule has 0 saturated heterocycles. The maximum absolute atomic E-state index is 11.7. The molecule has 0 aliphatic rings. The van der Waals surface area contributed by atoms with Crippen molar-refractivity contribution >= 4 is 15.9 Å². The lowest BCUT2D eigenvalue weighted by atomic mass is 10.3. The van der Waals surface area contributed by atoms with Gasteiger partial charge in [0.05, 0.1) is 17.4 Å². The zero-order valence-electron chi connectivity index (χ0n) is 9.87. The number of aromatic nitrogens is 1. The van der Waals surface area contributed by atoms with Gasteiger partial charge in [0.2, 0.25) is 10.0 Å². The van der Waals surface area contributed by atoms with Crippen LogP contribution in [-0.2, 0) is 14.8 Å². The molecule has 0 saturated carbocycles. The Labute approximate surface area is 105 Å². The molecule has 0 aromatic carbocycles. The van der Waals surface area contributed by atoms with Gasteiger partial charge < -0.3 is 10.5 Å². The van der Waals surface area contributed by atoms with Crippen molar-refractivity contribution in [1.82, 2.24) is 9.71 Å². The standard InChI is InChI=1S/C10H15N3O4S/c1-17-9(5-11)7-18(15,16)13-10(14)8-3-2-4-12-6-8/h2-4,6,9H,5,7,11H2,1H3,(H,13,14). The zero-order valence-corrected chi connectivity index (χ0v) is 10.7. The normalized spacial score (nSPS) is 13.0. The number of rotatable bonds is 6. The Kier molecular flexibility index (Phi) is 5.20. The maximum atomic E-state index is 11.7. The van der Waals surface area contributed by atoms with E-state index < -0.39 is 22.0 Å². The van der Waals surface area contributed by atoms with Crippen LogP contribution >= 0.6 is 0 Å². The number of ether oxygens (including phenoxy) is 1. The van der Waals surface area contributed by atoms with Gasteiger partial charge in [0, 0.05) is 26.0 Å². The van der Waals surface area contributed by atoms with Crippen molar-refractivity contribution in [2.75, 3.05) is 19.4 Å². The number of carbonyl (C=O) groups excluding carboxylic acids is 1. The van der Waals surface area contributed by atoms with Crippen LogP contribution in [-0.4, -0.2) is 44.8 Å². The smallest absolute Gasteiger partial charge is 0.266 e. The third-order valence-electron chi connectivity index (χ3n) is 2.17. The molecule has 100 valence electrons. The molecule has 0 fully saturated rings. The van der Waals surface area contributed by atoms with Crippen LogP contribution in [0.4, 0.5) is 0 Å². The average molecular weight is 273 g/mol. The van der Waals surface area contributed by atoms with Crippen LogP contribution in [0.15, 0.2) is 24.5 Å². The third kappa shape index (κ3) is 4.40. The predicted octanol–water partition coefficient (Wildman–Crippen LogP) is -0.885. The lowest BCUT2D eigenvalue weighted by Crippen LogP contribution is -2.39. The third-order valence-corrected chi connectivity index (χ3v) is 3.48. The second-order valence-corrected chi connectivity index (χ2v) is 5.31. The summed E-state index contributed by atoms with van der Waals surface area (Å²) in [6, 6.07) is 3.01. The Hall–Kier alpha value is -1.51. The summed E-state index contributed by atoms with van der Waals surface area (Å²) >= 11 is 0. The number of nitrogens with one attached hydrogen (secondary N) is 1. The molecule has 0 aliphatic heterocycles. The molecular formula is C10H15N3O4S. The fraction of sp³-hybridized carbons (Fsp3) is 0.400. The van der Waals surface area contributed by atoms with E-state index >= 15 is 0 Å². The Bertz CT molecular complexity index is 485. The molecule has 1 aromatic rings. The van der Waals surface area contributed by atoms with Gasteiger partial charge in [-0.05, 0) is 12.1 Å². The van der Waals surface area contributed by atoms with E-state index in [9.17, 15) is 13.2 Å². The maximum Gasteiger partial charge on any atom is 0.266 e. The molecule has 0 bridgehead atoms. The molecule has 7 nitrogen and oxygen atoms in total. The van der Waals surface area contributed by atoms with Crippen molar-refractivity contribution in [3.8, 4) is 0 Å². The van der Waals surface area contributed by atoms with Crippen molar-refractivity contribution in [3.05, 3.63) is 30.1 Å². The Morgan fingerprint density at radius 1 is 1.61 bits per heavy atom. The Morgan fingerprint density at radius 2 is 2.33 bits per heavy atom. The van der Waals surface area contributed by atoms with Gasteiger partial charge in [-0.15, -0.1) is 0 Å². The van der Waals surface area contributed by atoms with Crippen molar-refractivity contribution in [1.29, 1.82) is 0 Å². The lowest BCUT2D eigenvalue weighted by molar-refractivity contribution is 0.0979. The van der Waals surface area contributed by atoms with Crippen LogP contribution in [0, 0.1) is 0 Å². The van der Waals surface area contributed by atoms with Gasteiger partial charge in [-0.2, -0.15) is 0 Å². The van der Waals surface area contributed by atoms with Gasteiger partial charge in [0.1, 0.15) is 0 Å². The minimum absolute atomic E-state index is 0.0541. The molecule has 1 amide bonds. The Balaban J connectivity index is 2.69. The number of nitrogens with zero attached hydrogens (tertiary/aromatic N) is 1. The van der Waals surface area contributed by atoms with Crippen LogP contribution in [0.25, 0.3) is 0 Å². The highest BCUT2D eigenvalue weighted by atomic mass is 32.2. The molecule has 1 atom stereocenters. The van der Waals surface area contributed by atoms with Crippen molar-refractivity contribution in [2.45, 2.75) is 6.10 Å². The molecule has 0 radical (unpaired) electrons. The molecular weight excluding hydrogens is 258 g/mol. The van der Waals surface area contributed by atoms with E-state index in [4.69, 9.17) is 10.5 Å². The number of hydrogen-bond donors (Lipinski definition) is 2. The summed E-state index contributed by atoms with van der Waals surface area (Å²) in [5, 5.41) is 0. The second kappa shape index (κ2) is 6.43. The number of carbonyl (C=O) groups is 1. The van der Waals surface area contributed by atoms with Crippen LogP contribution < -0.4 is 10.5 Å². The van der Waals surface area contributed by atoms with E-state index in [0.29, 0.717) is 0 Å². The van der Waals surface area contributed by atoms with Crippen LogP contribution in [0.2, 0.25) is 0 Å². The summed E-state index contributed by atoms with van der Waals surface area (Å²) in [6.45, 7) is 0.0541. The van der Waals surface area contributed by atoms with Crippen molar-refractivity contribution in [3.63, 3.8) is 0 Å². The molecule has 1 rings (SSSR count). The topological polar surface area (TPSA) is 111 Å². The quantitative estimate of drug-likeness (QED) is 0.696. The molecule has 1 heterocycles. The number of hydrogen-bond acceptors (Lipinski definition) is 6. The SMILES string of the molecule is COC(CN)CS(=O)(=O)NC(=O)c1cccnc1. The van der Waals surface area contributed by atoms with Crippen molar-refractivity contribution in [2.24, 2.45) is 5.73 Å². The van der Waals surface area contributed by atoms with Crippen LogP contribution in [0.5, 0.6) is 0 Å². The minimum Gasteiger partial charge on any atom is -0.379 e. The van der Waals surface area contributed by atoms with Crippen molar-refractivity contribution < 1.29 is 17.9 Å². The minimum atomic E-state index is -3.78. The fourth-order valence-corrected chi connectivity index (χ4v) is 2.46. The van der Waals surface area contributed by atoms with Gasteiger partial charge in [-0.3, -0.25) is 9.78 Å². The summed E-state index contributed by atoms with van der Waals surface area (Å²) in [5.41, 5.74) is 5.49. The highest BCUT2D eigenvalue weighted by Crippen LogP contribution is 1.99. The number of pyridine rings is 1. The summed E-state index contributed by atoms with van der Waals surface area (Å²) in [7, 11) is -2.43. The van der Waals surface area contributed by atoms with Crippen LogP contribution in [0.3, 0.4) is 0 Å². The first-order valence-corrected chi connectivity index (χ1v) is 6.81. The van der Waals surface area contributed by atoms with Crippen LogP contribution in [0.1, 0.15) is 10.4 Å². The first-order valence-electron chi connectivity index (χ1n) is 5.16. The highest BCUT2D eigenvalue weighted by Gasteiger charge is 2.20. The number of methoxy groups -OCH3 is 1. The molecule has 3 N–H and O–H groups in total. The number of sulfonamides is 1.